The Kier molecular flexibility index (Phi) is 22.3. The van der Waals surface area contributed by atoms with Gasteiger partial charge in [0.05, 0.1) is 25.3 Å². The first-order valence-electron chi connectivity index (χ1n) is 44.2. The maximum absolute atomic E-state index is 10.6. The summed E-state index contributed by atoms with van der Waals surface area (Å²) in [5.41, 5.74) is 3.98. The van der Waals surface area contributed by atoms with Crippen LogP contribution in [-0.2, 0) is 0 Å². The molecule has 0 unspecified atom stereocenters. The monoisotopic (exact) mass is 1790 g/mol. The summed E-state index contributed by atoms with van der Waals surface area (Å²) in [5, 5.41) is 124. The number of hydrogen-bond donors (Lipinski definition) is 10. The van der Waals surface area contributed by atoms with Gasteiger partial charge in [0.15, 0.2) is 46.6 Å². The minimum atomic E-state index is -0.338. The van der Waals surface area contributed by atoms with Crippen molar-refractivity contribution in [2.45, 2.75) is 63.6 Å². The average Bonchev–Trinajstić information content (AvgIpc) is 0.865. The summed E-state index contributed by atoms with van der Waals surface area (Å²) in [4.78, 5) is 54.4. The molecule has 0 radical (unpaired) electrons. The molecule has 26 nitrogen and oxygen atoms in total. The number of rotatable bonds is 14. The lowest BCUT2D eigenvalue weighted by Crippen LogP contribution is -2.14. The van der Waals surface area contributed by atoms with Crippen LogP contribution < -0.4 is 18.9 Å². The molecule has 2 fully saturated rings. The zero-order valence-electron chi connectivity index (χ0n) is 73.0. The number of aromatic hydroxyl groups is 10. The van der Waals surface area contributed by atoms with Crippen LogP contribution in [-0.4, -0.2) is 137 Å². The third kappa shape index (κ3) is 16.6. The minimum Gasteiger partial charge on any atom is -0.508 e. The number of aromatic nitrogens is 12. The molecule has 2 aliphatic rings. The van der Waals surface area contributed by atoms with Gasteiger partial charge in [-0.3, -0.25) is 0 Å². The van der Waals surface area contributed by atoms with E-state index in [2.05, 4.69) is 171 Å². The summed E-state index contributed by atoms with van der Waals surface area (Å²) in [6.07, 6.45) is 8.05. The number of ether oxygens (including phenoxy) is 4. The molecule has 10 N–H and O–H groups in total. The average molecular weight is 1800 g/mol. The molecule has 0 aliphatic heterocycles. The zero-order valence-corrected chi connectivity index (χ0v) is 73.0. The van der Waals surface area contributed by atoms with Gasteiger partial charge in [-0.15, -0.1) is 0 Å². The molecule has 0 amide bonds. The van der Waals surface area contributed by atoms with E-state index in [4.69, 9.17) is 28.9 Å². The van der Waals surface area contributed by atoms with Gasteiger partial charge in [0.2, 0.25) is 0 Å². The highest BCUT2D eigenvalue weighted by Gasteiger charge is 2.29. The molecule has 18 aromatic carbocycles. The summed E-state index contributed by atoms with van der Waals surface area (Å²) in [7, 11) is 2.97. The fraction of sp³-hybridized carbons (Fsp3) is 0.109. The first-order valence-corrected chi connectivity index (χ1v) is 44.2. The third-order valence-corrected chi connectivity index (χ3v) is 24.8. The fourth-order valence-corrected chi connectivity index (χ4v) is 18.3. The number of hydrogen-bond acceptors (Lipinski definition) is 26. The summed E-state index contributed by atoms with van der Waals surface area (Å²) < 4.78 is 22.9. The second kappa shape index (κ2) is 35.7. The number of phenols is 10. The second-order valence-electron chi connectivity index (χ2n) is 33.4. The SMILES string of the molecule is COc1nc(-c2ccc(O)cc2O)nc(-c2cc3c4ccccc4ccc3c3ccccc23)n1.COc1nc(-c2ccc3cc4ccccc4cc3c2)nc(-c2ccc(O)cc2O)n1.Oc1cc(O)c(-c2nc(OC3CCCC3)nc(-c3cc4ccccc4c4ccccc34)n2)c(O)c1.Oc1cc(O)c(-c2nc(OC3CCCC3)nc(-c3ccc4ccc5cccc6ccc3c4c56)n2)c(O)c1. The molecule has 0 atom stereocenters. The van der Waals surface area contributed by atoms with Crippen LogP contribution in [0.1, 0.15) is 51.4 Å². The van der Waals surface area contributed by atoms with Gasteiger partial charge in [0, 0.05) is 58.7 Å². The Bertz CT molecular complexity index is 8430. The zero-order chi connectivity index (χ0) is 92.9. The largest absolute Gasteiger partial charge is 0.508 e. The van der Waals surface area contributed by atoms with Crippen molar-refractivity contribution in [3.05, 3.63) is 291 Å². The van der Waals surface area contributed by atoms with E-state index in [9.17, 15) is 51.1 Å². The summed E-state index contributed by atoms with van der Waals surface area (Å²) in [5.74, 6) is 0.0335. The Morgan fingerprint density at radius 2 is 0.559 bits per heavy atom. The number of benzene rings is 18. The van der Waals surface area contributed by atoms with E-state index in [1.54, 1.807) is 12.1 Å². The lowest BCUT2D eigenvalue weighted by Gasteiger charge is -2.16. The molecule has 0 bridgehead atoms. The Morgan fingerprint density at radius 3 is 1.09 bits per heavy atom. The molecule has 24 rings (SSSR count). The van der Waals surface area contributed by atoms with E-state index in [1.165, 1.54) is 49.3 Å². The van der Waals surface area contributed by atoms with Gasteiger partial charge in [-0.05, 0) is 220 Å². The topological polar surface area (TPSA) is 394 Å². The molecule has 26 heteroatoms. The van der Waals surface area contributed by atoms with E-state index in [1.807, 2.05) is 109 Å². The summed E-state index contributed by atoms with van der Waals surface area (Å²) >= 11 is 0. The highest BCUT2D eigenvalue weighted by atomic mass is 16.5. The van der Waals surface area contributed by atoms with Crippen molar-refractivity contribution in [1.82, 2.24) is 59.8 Å². The van der Waals surface area contributed by atoms with Crippen LogP contribution in [0.5, 0.6) is 81.5 Å². The number of fused-ring (bicyclic) bond motifs is 10. The molecule has 0 saturated heterocycles. The van der Waals surface area contributed by atoms with Crippen LogP contribution in [0.3, 0.4) is 0 Å². The van der Waals surface area contributed by atoms with Crippen LogP contribution in [0.25, 0.3) is 199 Å². The smallest absolute Gasteiger partial charge is 0.320 e. The van der Waals surface area contributed by atoms with Gasteiger partial charge in [-0.2, -0.15) is 39.9 Å². The quantitative estimate of drug-likeness (QED) is 0.0357. The first-order chi connectivity index (χ1) is 66.3. The van der Waals surface area contributed by atoms with Crippen molar-refractivity contribution in [2.75, 3.05) is 14.2 Å². The van der Waals surface area contributed by atoms with Crippen molar-refractivity contribution < 1.29 is 70.0 Å². The fourth-order valence-electron chi connectivity index (χ4n) is 18.3. The van der Waals surface area contributed by atoms with Gasteiger partial charge >= 0.3 is 24.0 Å². The van der Waals surface area contributed by atoms with Gasteiger partial charge < -0.3 is 70.0 Å². The summed E-state index contributed by atoms with van der Waals surface area (Å²) in [6.45, 7) is 0. The predicted molar refractivity (Wildman–Crippen MR) is 525 cm³/mol. The Labute approximate surface area is 774 Å². The van der Waals surface area contributed by atoms with Crippen LogP contribution in [0.4, 0.5) is 0 Å². The maximum atomic E-state index is 10.6. The maximum Gasteiger partial charge on any atom is 0.320 e. The van der Waals surface area contributed by atoms with E-state index in [0.717, 1.165) is 195 Å². The molecule has 136 heavy (non-hydrogen) atoms. The molecular weight excluding hydrogens is 1710 g/mol. The van der Waals surface area contributed by atoms with Crippen molar-refractivity contribution in [2.24, 2.45) is 0 Å². The molecule has 22 aromatic rings. The Morgan fingerprint density at radius 1 is 0.213 bits per heavy atom. The Hall–Kier alpha value is -17.9. The first kappa shape index (κ1) is 84.9. The highest BCUT2D eigenvalue weighted by molar-refractivity contribution is 6.26. The third-order valence-electron chi connectivity index (χ3n) is 24.8. The summed E-state index contributed by atoms with van der Waals surface area (Å²) in [6, 6.07) is 92.0. The predicted octanol–water partition coefficient (Wildman–Crippen LogP) is 23.5. The van der Waals surface area contributed by atoms with Gasteiger partial charge in [-0.1, -0.05) is 194 Å². The van der Waals surface area contributed by atoms with Crippen molar-refractivity contribution in [3.8, 4) is 173 Å². The molecule has 4 heterocycles. The van der Waals surface area contributed by atoms with E-state index < -0.39 is 0 Å². The molecule has 2 aliphatic carbocycles. The minimum absolute atomic E-state index is 0.00599. The van der Waals surface area contributed by atoms with E-state index >= 15 is 0 Å². The van der Waals surface area contributed by atoms with Gasteiger partial charge in [-0.25, -0.2) is 19.9 Å². The van der Waals surface area contributed by atoms with Crippen molar-refractivity contribution in [1.29, 1.82) is 0 Å². The molecule has 2 saturated carbocycles. The van der Waals surface area contributed by atoms with Crippen molar-refractivity contribution in [3.63, 3.8) is 0 Å². The normalized spacial score (nSPS) is 12.8. The van der Waals surface area contributed by atoms with Crippen LogP contribution in [0.15, 0.2) is 291 Å². The van der Waals surface area contributed by atoms with Crippen LogP contribution in [0.2, 0.25) is 0 Å². The van der Waals surface area contributed by atoms with Gasteiger partial charge in [0.25, 0.3) is 0 Å². The van der Waals surface area contributed by atoms with Crippen LogP contribution >= 0.6 is 0 Å². The van der Waals surface area contributed by atoms with E-state index in [-0.39, 0.29) is 128 Å². The highest BCUT2D eigenvalue weighted by Crippen LogP contribution is 2.47. The number of methoxy groups -OCH3 is 2. The van der Waals surface area contributed by atoms with Crippen molar-refractivity contribution >= 4 is 108 Å². The van der Waals surface area contributed by atoms with Gasteiger partial charge in [0.1, 0.15) is 80.8 Å². The Balaban J connectivity index is 0.000000109. The number of phenolic OH excluding ortho intramolecular Hbond substituents is 10. The van der Waals surface area contributed by atoms with Crippen LogP contribution in [0, 0.1) is 0 Å². The van der Waals surface area contributed by atoms with E-state index in [0.29, 0.717) is 34.4 Å². The molecular formula is C110H82N12O14. The standard InChI is InChI=1S/C30H23N3O4.C28H23N3O4.C28H19N3O3.C24H17N3O3/c34-19-14-23(35)27(24(36)15-19)29-31-28(32-30(33-29)37-20-6-1-2-7-20)22-13-11-18-9-8-16-4-3-5-17-10-12-21(22)26(18)25(16)17;32-17-14-23(33)25(24(34)15-17)27-29-26(30-28(31-27)35-18-8-2-3-9-18)22-13-16-7-1-4-10-19(16)20-11-5-6-12-21(20)22;1-34-28-30-26(22-13-11-17(32)14-25(22)33)29-27(31-28)24-15-23-18-7-3-2-6-16(18)10-12-21(23)19-8-4-5-9-20(19)24;1-30-24-26-22(25-23(27-24)20-9-8-19(28)13-21(20)29)17-7-6-16-10-14-4-2-3-5-15(14)11-18(16)12-17/h3-5,8-15,20,34-36H,1-2,6-7H2;1,4-7,10-15,18,32-34H,2-3,8-9H2;2-15,32-33H,1H3;2-13,28-29H,1H3. The second-order valence-corrected chi connectivity index (χ2v) is 33.4. The lowest BCUT2D eigenvalue weighted by molar-refractivity contribution is 0.192. The lowest BCUT2D eigenvalue weighted by atomic mass is 9.92. The molecule has 0 spiro atoms. The number of nitrogens with zero attached hydrogens (tertiary/aromatic N) is 12. The molecule has 4 aromatic heterocycles. The molecule has 666 valence electrons.